The third-order valence-electron chi connectivity index (χ3n) is 2.18. The third kappa shape index (κ3) is 4.78. The van der Waals surface area contributed by atoms with E-state index in [0.29, 0.717) is 5.70 Å². The Kier molecular flexibility index (Phi) is 6.16. The Labute approximate surface area is 98.9 Å². The molecule has 16 heavy (non-hydrogen) atoms. The van der Waals surface area contributed by atoms with Crippen molar-refractivity contribution in [3.8, 4) is 0 Å². The lowest BCUT2D eigenvalue weighted by Gasteiger charge is -2.07. The maximum atomic E-state index is 4.92. The first kappa shape index (κ1) is 14.4. The molecule has 0 radical (unpaired) electrons. The van der Waals surface area contributed by atoms with Crippen LogP contribution in [0.5, 0.6) is 0 Å². The Hall–Kier alpha value is -1.57. The third-order valence-corrected chi connectivity index (χ3v) is 2.18. The van der Waals surface area contributed by atoms with Crippen LogP contribution in [0.25, 0.3) is 0 Å². The summed E-state index contributed by atoms with van der Waals surface area (Å²) in [5, 5.41) is 0. The maximum absolute atomic E-state index is 4.92. The quantitative estimate of drug-likeness (QED) is 0.722. The van der Waals surface area contributed by atoms with Crippen molar-refractivity contribution in [2.45, 2.75) is 27.7 Å². The second-order valence-electron chi connectivity index (χ2n) is 3.92. The fourth-order valence-corrected chi connectivity index (χ4v) is 1.50. The lowest BCUT2D eigenvalue weighted by molar-refractivity contribution is 1.32. The molecular formula is C14H22N2. The van der Waals surface area contributed by atoms with Crippen LogP contribution in [0.2, 0.25) is 0 Å². The Morgan fingerprint density at radius 2 is 1.56 bits per heavy atom. The van der Waals surface area contributed by atoms with Gasteiger partial charge in [0.15, 0.2) is 0 Å². The van der Waals surface area contributed by atoms with Crippen LogP contribution >= 0.6 is 0 Å². The van der Waals surface area contributed by atoms with Crippen LogP contribution < -0.4 is 5.73 Å². The standard InChI is InChI=1S/C11H15N.C3H7N/c1-8-6-5-7-9(2)11(8)10(3)12-4;1-3(2)4/h5-7H,1-4H3;1,4H2,2H3. The van der Waals surface area contributed by atoms with E-state index in [1.807, 2.05) is 7.05 Å². The van der Waals surface area contributed by atoms with E-state index in [9.17, 15) is 0 Å². The van der Waals surface area contributed by atoms with E-state index in [2.05, 4.69) is 50.5 Å². The van der Waals surface area contributed by atoms with Crippen LogP contribution in [-0.2, 0) is 0 Å². The molecule has 0 heterocycles. The van der Waals surface area contributed by atoms with E-state index in [1.165, 1.54) is 16.7 Å². The van der Waals surface area contributed by atoms with Crippen molar-refractivity contribution in [2.24, 2.45) is 10.7 Å². The number of aryl methyl sites for hydroxylation is 2. The average Bonchev–Trinajstić information content (AvgIpc) is 2.16. The van der Waals surface area contributed by atoms with Gasteiger partial charge < -0.3 is 5.73 Å². The summed E-state index contributed by atoms with van der Waals surface area (Å²) in [7, 11) is 1.83. The summed E-state index contributed by atoms with van der Waals surface area (Å²) in [6.07, 6.45) is 0. The number of nitrogens with zero attached hydrogens (tertiary/aromatic N) is 1. The molecule has 1 aromatic carbocycles. The van der Waals surface area contributed by atoms with Gasteiger partial charge in [0.25, 0.3) is 0 Å². The predicted molar refractivity (Wildman–Crippen MR) is 73.1 cm³/mol. The monoisotopic (exact) mass is 218 g/mol. The molecule has 0 amide bonds. The summed E-state index contributed by atoms with van der Waals surface area (Å²) in [6.45, 7) is 11.4. The van der Waals surface area contributed by atoms with Crippen molar-refractivity contribution in [3.05, 3.63) is 47.2 Å². The number of aliphatic imine (C=N–C) groups is 1. The fraction of sp³-hybridized carbons (Fsp3) is 0.357. The Morgan fingerprint density at radius 3 is 1.88 bits per heavy atom. The first-order valence-corrected chi connectivity index (χ1v) is 5.31. The first-order chi connectivity index (χ1) is 7.40. The second kappa shape index (κ2) is 6.83. The van der Waals surface area contributed by atoms with Crippen molar-refractivity contribution in [1.29, 1.82) is 0 Å². The largest absolute Gasteiger partial charge is 0.403 e. The smallest absolute Gasteiger partial charge is 0.0391 e. The number of hydrogen-bond donors (Lipinski definition) is 1. The van der Waals surface area contributed by atoms with Gasteiger partial charge in [-0.3, -0.25) is 4.99 Å². The highest BCUT2D eigenvalue weighted by Gasteiger charge is 2.03. The van der Waals surface area contributed by atoms with E-state index >= 15 is 0 Å². The molecule has 0 unspecified atom stereocenters. The average molecular weight is 218 g/mol. The highest BCUT2D eigenvalue weighted by atomic mass is 14.7. The molecule has 2 heteroatoms. The molecule has 0 aliphatic heterocycles. The SMILES string of the molecule is C=C(C)N.CN=C(C)c1c(C)cccc1C. The number of benzene rings is 1. The molecule has 0 bridgehead atoms. The minimum absolute atomic E-state index is 0.667. The summed E-state index contributed by atoms with van der Waals surface area (Å²) in [5.74, 6) is 0. The van der Waals surface area contributed by atoms with Gasteiger partial charge in [0.1, 0.15) is 0 Å². The molecule has 88 valence electrons. The number of nitrogens with two attached hydrogens (primary N) is 1. The molecule has 0 aliphatic carbocycles. The molecule has 2 nitrogen and oxygen atoms in total. The van der Waals surface area contributed by atoms with Crippen molar-refractivity contribution in [1.82, 2.24) is 0 Å². The Bertz CT molecular complexity index is 365. The molecule has 2 N–H and O–H groups in total. The predicted octanol–water partition coefficient (Wildman–Crippen LogP) is 3.22. The van der Waals surface area contributed by atoms with Gasteiger partial charge in [0, 0.05) is 18.3 Å². The molecule has 0 aromatic heterocycles. The van der Waals surface area contributed by atoms with E-state index in [1.54, 1.807) is 6.92 Å². The zero-order valence-corrected chi connectivity index (χ0v) is 11.0. The van der Waals surface area contributed by atoms with Gasteiger partial charge in [0.05, 0.1) is 0 Å². The van der Waals surface area contributed by atoms with E-state index in [0.717, 1.165) is 5.71 Å². The van der Waals surface area contributed by atoms with Gasteiger partial charge in [-0.2, -0.15) is 0 Å². The summed E-state index contributed by atoms with van der Waals surface area (Å²) in [6, 6.07) is 6.32. The van der Waals surface area contributed by atoms with Gasteiger partial charge in [0.2, 0.25) is 0 Å². The van der Waals surface area contributed by atoms with Crippen LogP contribution in [0, 0.1) is 13.8 Å². The lowest BCUT2D eigenvalue weighted by Crippen LogP contribution is -2.00. The van der Waals surface area contributed by atoms with Crippen molar-refractivity contribution in [3.63, 3.8) is 0 Å². The Morgan fingerprint density at radius 1 is 1.19 bits per heavy atom. The summed E-state index contributed by atoms with van der Waals surface area (Å²) in [5.41, 5.74) is 10.6. The minimum Gasteiger partial charge on any atom is -0.403 e. The molecule has 0 aliphatic rings. The number of hydrogen-bond acceptors (Lipinski definition) is 2. The number of rotatable bonds is 1. The van der Waals surface area contributed by atoms with Crippen LogP contribution in [0.4, 0.5) is 0 Å². The first-order valence-electron chi connectivity index (χ1n) is 5.31. The van der Waals surface area contributed by atoms with Crippen LogP contribution in [0.1, 0.15) is 30.5 Å². The van der Waals surface area contributed by atoms with Crippen LogP contribution in [0.3, 0.4) is 0 Å². The summed E-state index contributed by atoms with van der Waals surface area (Å²) < 4.78 is 0. The van der Waals surface area contributed by atoms with Gasteiger partial charge in [-0.25, -0.2) is 0 Å². The zero-order valence-electron chi connectivity index (χ0n) is 11.0. The topological polar surface area (TPSA) is 38.4 Å². The molecule has 0 saturated heterocycles. The highest BCUT2D eigenvalue weighted by molar-refractivity contribution is 6.01. The van der Waals surface area contributed by atoms with Crippen molar-refractivity contribution < 1.29 is 0 Å². The van der Waals surface area contributed by atoms with Crippen molar-refractivity contribution in [2.75, 3.05) is 7.05 Å². The minimum atomic E-state index is 0.667. The molecule has 0 atom stereocenters. The second-order valence-corrected chi connectivity index (χ2v) is 3.92. The van der Waals surface area contributed by atoms with E-state index < -0.39 is 0 Å². The van der Waals surface area contributed by atoms with Gasteiger partial charge in [-0.15, -0.1) is 0 Å². The highest BCUT2D eigenvalue weighted by Crippen LogP contribution is 2.13. The maximum Gasteiger partial charge on any atom is 0.0391 e. The van der Waals surface area contributed by atoms with Gasteiger partial charge in [-0.1, -0.05) is 24.8 Å². The molecule has 0 spiro atoms. The summed E-state index contributed by atoms with van der Waals surface area (Å²) in [4.78, 5) is 4.20. The summed E-state index contributed by atoms with van der Waals surface area (Å²) >= 11 is 0. The van der Waals surface area contributed by atoms with Crippen LogP contribution in [-0.4, -0.2) is 12.8 Å². The van der Waals surface area contributed by atoms with Gasteiger partial charge in [-0.05, 0) is 44.5 Å². The zero-order chi connectivity index (χ0) is 12.7. The lowest BCUT2D eigenvalue weighted by atomic mass is 9.99. The fourth-order valence-electron chi connectivity index (χ4n) is 1.50. The molecule has 1 rings (SSSR count). The Balaban J connectivity index is 0.000000487. The molecule has 0 saturated carbocycles. The normalized spacial score (nSPS) is 10.4. The van der Waals surface area contributed by atoms with Gasteiger partial charge >= 0.3 is 0 Å². The van der Waals surface area contributed by atoms with E-state index in [4.69, 9.17) is 5.73 Å². The van der Waals surface area contributed by atoms with Crippen LogP contribution in [0.15, 0.2) is 35.5 Å². The van der Waals surface area contributed by atoms with Crippen molar-refractivity contribution >= 4 is 5.71 Å². The van der Waals surface area contributed by atoms with E-state index in [-0.39, 0.29) is 0 Å². The molecule has 0 fully saturated rings. The number of allylic oxidation sites excluding steroid dienone is 1. The molecule has 1 aromatic rings. The molecular weight excluding hydrogens is 196 g/mol.